The van der Waals surface area contributed by atoms with Crippen molar-refractivity contribution in [3.8, 4) is 0 Å². The number of nitrogens with one attached hydrogen (secondary N) is 1. The number of rotatable bonds is 6. The van der Waals surface area contributed by atoms with Gasteiger partial charge in [0.05, 0.1) is 0 Å². The van der Waals surface area contributed by atoms with Gasteiger partial charge >= 0.3 is 6.03 Å². The molecule has 1 unspecified atom stereocenters. The molecular formula is C20H19ClFN3O3. The summed E-state index contributed by atoms with van der Waals surface area (Å²) in [5, 5.41) is 3.34. The molecule has 0 saturated carbocycles. The van der Waals surface area contributed by atoms with Gasteiger partial charge in [-0.1, -0.05) is 23.7 Å². The first-order valence-corrected chi connectivity index (χ1v) is 9.16. The fourth-order valence-electron chi connectivity index (χ4n) is 3.00. The number of carbonyl (C=O) groups is 3. The Kier molecular flexibility index (Phi) is 5.94. The number of urea groups is 1. The molecule has 1 N–H and O–H groups in total. The quantitative estimate of drug-likeness (QED) is 0.754. The Hall–Kier alpha value is -2.93. The number of nitrogens with zero attached hydrogens (tertiary/aromatic N) is 2. The lowest BCUT2D eigenvalue weighted by molar-refractivity contribution is -0.131. The summed E-state index contributed by atoms with van der Waals surface area (Å²) in [6.45, 7) is 1.58. The maximum atomic E-state index is 13.1. The van der Waals surface area contributed by atoms with Crippen molar-refractivity contribution in [1.29, 1.82) is 0 Å². The van der Waals surface area contributed by atoms with E-state index in [-0.39, 0.29) is 6.54 Å². The predicted molar refractivity (Wildman–Crippen MR) is 104 cm³/mol. The number of anilines is 1. The van der Waals surface area contributed by atoms with Crippen LogP contribution in [0.15, 0.2) is 48.5 Å². The Morgan fingerprint density at radius 2 is 1.75 bits per heavy atom. The van der Waals surface area contributed by atoms with Gasteiger partial charge in [0.1, 0.15) is 18.4 Å². The molecule has 0 aromatic heterocycles. The fraction of sp³-hybridized carbons (Fsp3) is 0.250. The molecule has 1 fully saturated rings. The van der Waals surface area contributed by atoms with E-state index in [1.54, 1.807) is 19.1 Å². The second-order valence-electron chi connectivity index (χ2n) is 6.46. The van der Waals surface area contributed by atoms with E-state index < -0.39 is 29.7 Å². The number of hydrogen-bond donors (Lipinski definition) is 1. The van der Waals surface area contributed by atoms with E-state index in [9.17, 15) is 18.8 Å². The van der Waals surface area contributed by atoms with Gasteiger partial charge in [0.15, 0.2) is 0 Å². The second-order valence-corrected chi connectivity index (χ2v) is 6.89. The highest BCUT2D eigenvalue weighted by Gasteiger charge is 2.43. The Morgan fingerprint density at radius 1 is 1.11 bits per heavy atom. The number of halogens is 2. The van der Waals surface area contributed by atoms with E-state index in [2.05, 4.69) is 5.32 Å². The molecule has 0 aliphatic carbocycles. The van der Waals surface area contributed by atoms with Gasteiger partial charge in [-0.2, -0.15) is 0 Å². The van der Waals surface area contributed by atoms with Crippen molar-refractivity contribution in [3.05, 3.63) is 64.9 Å². The molecule has 1 aliphatic heterocycles. The number of carbonyl (C=O) groups excluding carboxylic acids is 3. The smallest absolute Gasteiger partial charge is 0.332 e. The fourth-order valence-corrected chi connectivity index (χ4v) is 3.13. The minimum atomic E-state index is -0.764. The molecule has 1 saturated heterocycles. The van der Waals surface area contributed by atoms with E-state index in [0.29, 0.717) is 23.7 Å². The van der Waals surface area contributed by atoms with Crippen LogP contribution in [0, 0.1) is 5.82 Å². The summed E-state index contributed by atoms with van der Waals surface area (Å²) in [4.78, 5) is 39.4. The van der Waals surface area contributed by atoms with Crippen molar-refractivity contribution in [3.63, 3.8) is 0 Å². The summed E-state index contributed by atoms with van der Waals surface area (Å²) in [6.07, 6.45) is 0.600. The molecule has 3 rings (SSSR count). The predicted octanol–water partition coefficient (Wildman–Crippen LogP) is 3.00. The molecule has 6 nitrogen and oxygen atoms in total. The average Bonchev–Trinajstić information content (AvgIpc) is 2.88. The molecule has 1 atom stereocenters. The topological polar surface area (TPSA) is 69.7 Å². The van der Waals surface area contributed by atoms with Crippen LogP contribution in [-0.2, 0) is 16.0 Å². The lowest BCUT2D eigenvalue weighted by Crippen LogP contribution is -2.42. The molecular weight excluding hydrogens is 385 g/mol. The Labute approximate surface area is 166 Å². The summed E-state index contributed by atoms with van der Waals surface area (Å²) in [5.74, 6) is -1.34. The Balaban J connectivity index is 1.57. The summed E-state index contributed by atoms with van der Waals surface area (Å²) < 4.78 is 13.1. The van der Waals surface area contributed by atoms with E-state index >= 15 is 0 Å². The SMILES string of the molecule is CC1C(=O)N(CC(=O)NCCc2ccc(Cl)cc2)C(=O)N1c1ccc(F)cc1. The van der Waals surface area contributed by atoms with Gasteiger partial charge in [-0.15, -0.1) is 0 Å². The third-order valence-electron chi connectivity index (χ3n) is 4.50. The first-order chi connectivity index (χ1) is 13.4. The number of benzene rings is 2. The average molecular weight is 404 g/mol. The number of amides is 4. The van der Waals surface area contributed by atoms with Gasteiger partial charge in [-0.3, -0.25) is 19.4 Å². The van der Waals surface area contributed by atoms with Gasteiger partial charge in [0.2, 0.25) is 5.91 Å². The van der Waals surface area contributed by atoms with Crippen LogP contribution in [0.3, 0.4) is 0 Å². The molecule has 1 aliphatic rings. The first-order valence-electron chi connectivity index (χ1n) is 8.78. The van der Waals surface area contributed by atoms with Crippen LogP contribution in [0.5, 0.6) is 0 Å². The monoisotopic (exact) mass is 403 g/mol. The highest BCUT2D eigenvalue weighted by Crippen LogP contribution is 2.25. The second kappa shape index (κ2) is 8.39. The summed E-state index contributed by atoms with van der Waals surface area (Å²) in [6, 6.07) is 11.2. The van der Waals surface area contributed by atoms with Crippen molar-refractivity contribution in [1.82, 2.24) is 10.2 Å². The van der Waals surface area contributed by atoms with Crippen LogP contribution in [0.1, 0.15) is 12.5 Å². The van der Waals surface area contributed by atoms with Crippen LogP contribution in [0.2, 0.25) is 5.02 Å². The Bertz CT molecular complexity index is 887. The number of imide groups is 1. The molecule has 0 spiro atoms. The van der Waals surface area contributed by atoms with Crippen LogP contribution in [0.4, 0.5) is 14.9 Å². The third-order valence-corrected chi connectivity index (χ3v) is 4.76. The maximum Gasteiger partial charge on any atom is 0.332 e. The normalized spacial score (nSPS) is 16.6. The van der Waals surface area contributed by atoms with E-state index in [4.69, 9.17) is 11.6 Å². The maximum absolute atomic E-state index is 13.1. The zero-order valence-corrected chi connectivity index (χ0v) is 15.9. The molecule has 146 valence electrons. The summed E-state index contributed by atoms with van der Waals surface area (Å²) in [7, 11) is 0. The molecule has 2 aromatic rings. The van der Waals surface area contributed by atoms with Gasteiger partial charge in [0, 0.05) is 17.3 Å². The molecule has 28 heavy (non-hydrogen) atoms. The molecule has 8 heteroatoms. The minimum Gasteiger partial charge on any atom is -0.354 e. The molecule has 0 bridgehead atoms. The summed E-state index contributed by atoms with van der Waals surface area (Å²) >= 11 is 5.83. The van der Waals surface area contributed by atoms with Crippen molar-refractivity contribution in [2.45, 2.75) is 19.4 Å². The molecule has 1 heterocycles. The van der Waals surface area contributed by atoms with Gasteiger partial charge in [-0.05, 0) is 55.3 Å². The van der Waals surface area contributed by atoms with Crippen LogP contribution >= 0.6 is 11.6 Å². The van der Waals surface area contributed by atoms with E-state index in [1.165, 1.54) is 29.2 Å². The lowest BCUT2D eigenvalue weighted by atomic mass is 10.1. The van der Waals surface area contributed by atoms with Crippen LogP contribution in [0.25, 0.3) is 0 Å². The zero-order valence-electron chi connectivity index (χ0n) is 15.2. The van der Waals surface area contributed by atoms with Crippen molar-refractivity contribution >= 4 is 35.1 Å². The standard InChI is InChI=1S/C20H19ClFN3O3/c1-13-19(27)24(20(28)25(13)17-8-6-16(22)7-9-17)12-18(26)23-11-10-14-2-4-15(21)5-3-14/h2-9,13H,10-12H2,1H3,(H,23,26). The Morgan fingerprint density at radius 3 is 2.39 bits per heavy atom. The van der Waals surface area contributed by atoms with Crippen molar-refractivity contribution < 1.29 is 18.8 Å². The van der Waals surface area contributed by atoms with E-state index in [1.807, 2.05) is 12.1 Å². The minimum absolute atomic E-state index is 0.361. The molecule has 0 radical (unpaired) electrons. The highest BCUT2D eigenvalue weighted by molar-refractivity contribution is 6.30. The largest absolute Gasteiger partial charge is 0.354 e. The van der Waals surface area contributed by atoms with Crippen molar-refractivity contribution in [2.24, 2.45) is 0 Å². The van der Waals surface area contributed by atoms with E-state index in [0.717, 1.165) is 10.5 Å². The third kappa shape index (κ3) is 4.31. The molecule has 4 amide bonds. The van der Waals surface area contributed by atoms with Crippen LogP contribution < -0.4 is 10.2 Å². The summed E-state index contributed by atoms with van der Waals surface area (Å²) in [5.41, 5.74) is 1.41. The highest BCUT2D eigenvalue weighted by atomic mass is 35.5. The van der Waals surface area contributed by atoms with Gasteiger partial charge in [0.25, 0.3) is 5.91 Å². The number of hydrogen-bond acceptors (Lipinski definition) is 3. The van der Waals surface area contributed by atoms with Gasteiger partial charge < -0.3 is 5.32 Å². The first kappa shape index (κ1) is 19.8. The van der Waals surface area contributed by atoms with Crippen LogP contribution in [-0.4, -0.2) is 41.9 Å². The lowest BCUT2D eigenvalue weighted by Gasteiger charge is -2.19. The van der Waals surface area contributed by atoms with Crippen molar-refractivity contribution in [2.75, 3.05) is 18.0 Å². The zero-order chi connectivity index (χ0) is 20.3. The molecule has 2 aromatic carbocycles. The van der Waals surface area contributed by atoms with Gasteiger partial charge in [-0.25, -0.2) is 9.18 Å².